The van der Waals surface area contributed by atoms with Gasteiger partial charge in [0.1, 0.15) is 12.6 Å². The van der Waals surface area contributed by atoms with Crippen LogP contribution in [0.3, 0.4) is 0 Å². The van der Waals surface area contributed by atoms with E-state index in [0.717, 1.165) is 25.9 Å². The second-order valence-electron chi connectivity index (χ2n) is 5.42. The summed E-state index contributed by atoms with van der Waals surface area (Å²) in [5.74, 6) is -0.413. The Morgan fingerprint density at radius 2 is 2.00 bits per heavy atom. The van der Waals surface area contributed by atoms with E-state index in [2.05, 4.69) is 12.0 Å². The molecule has 1 N–H and O–H groups in total. The minimum atomic E-state index is -0.592. The highest BCUT2D eigenvalue weighted by Gasteiger charge is 2.20. The first-order valence-corrected chi connectivity index (χ1v) is 7.64. The Kier molecular flexibility index (Phi) is 6.25. The molecule has 0 aliphatic carbocycles. The monoisotopic (exact) mass is 319 g/mol. The summed E-state index contributed by atoms with van der Waals surface area (Å²) in [5, 5.41) is 12.6. The number of nitro benzene ring substituents is 1. The normalized spacial score (nSPS) is 16.5. The maximum absolute atomic E-state index is 12.1. The third kappa shape index (κ3) is 5.15. The van der Waals surface area contributed by atoms with Crippen molar-refractivity contribution in [2.24, 2.45) is 0 Å². The minimum absolute atomic E-state index is 0.0100. The molecule has 23 heavy (non-hydrogen) atoms. The van der Waals surface area contributed by atoms with Crippen molar-refractivity contribution >= 4 is 11.7 Å². The molecule has 1 aliphatic heterocycles. The van der Waals surface area contributed by atoms with Crippen molar-refractivity contribution in [2.75, 3.05) is 13.1 Å². The molecule has 1 aromatic rings. The van der Waals surface area contributed by atoms with Crippen molar-refractivity contribution < 1.29 is 14.5 Å². The molecule has 7 nitrogen and oxygen atoms in total. The molecule has 1 saturated heterocycles. The Morgan fingerprint density at radius 3 is 2.57 bits per heavy atom. The molecule has 1 aliphatic rings. The van der Waals surface area contributed by atoms with Gasteiger partial charge in [0.05, 0.1) is 4.92 Å². The van der Waals surface area contributed by atoms with Crippen molar-refractivity contribution in [3.8, 4) is 0 Å². The van der Waals surface area contributed by atoms with Crippen LogP contribution in [0.15, 0.2) is 36.9 Å². The number of benzene rings is 1. The number of hydrazine groups is 1. The third-order valence-electron chi connectivity index (χ3n) is 3.70. The van der Waals surface area contributed by atoms with E-state index in [1.165, 1.54) is 24.6 Å². The van der Waals surface area contributed by atoms with Crippen LogP contribution in [0.4, 0.5) is 5.69 Å². The molecule has 0 amide bonds. The number of hydrogen-bond donors (Lipinski definition) is 1. The van der Waals surface area contributed by atoms with Crippen LogP contribution >= 0.6 is 0 Å². The molecule has 1 aromatic carbocycles. The predicted molar refractivity (Wildman–Crippen MR) is 85.4 cm³/mol. The number of piperidine rings is 1. The molecular weight excluding hydrogens is 298 g/mol. The SMILES string of the molecule is C=CC(NN1CCCCC1)C(=O)OCc1ccc([N+](=O)[O-])cc1. The maximum Gasteiger partial charge on any atom is 0.328 e. The van der Waals surface area contributed by atoms with Gasteiger partial charge in [0.2, 0.25) is 0 Å². The van der Waals surface area contributed by atoms with E-state index in [4.69, 9.17) is 4.74 Å². The molecule has 0 saturated carbocycles. The molecule has 0 bridgehead atoms. The maximum atomic E-state index is 12.1. The van der Waals surface area contributed by atoms with Crippen molar-refractivity contribution in [1.29, 1.82) is 0 Å². The summed E-state index contributed by atoms with van der Waals surface area (Å²) in [4.78, 5) is 22.2. The average molecular weight is 319 g/mol. The first-order chi connectivity index (χ1) is 11.1. The summed E-state index contributed by atoms with van der Waals surface area (Å²) >= 11 is 0. The van der Waals surface area contributed by atoms with Crippen molar-refractivity contribution in [3.63, 3.8) is 0 Å². The quantitative estimate of drug-likeness (QED) is 0.359. The standard InChI is InChI=1S/C16H21N3O4/c1-2-15(17-18-10-4-3-5-11-18)16(20)23-12-13-6-8-14(9-7-13)19(21)22/h2,6-9,15,17H,1,3-5,10-12H2. The van der Waals surface area contributed by atoms with Gasteiger partial charge in [-0.2, -0.15) is 0 Å². The number of rotatable bonds is 7. The number of nitrogens with one attached hydrogen (secondary N) is 1. The topological polar surface area (TPSA) is 84.7 Å². The fourth-order valence-corrected chi connectivity index (χ4v) is 2.38. The van der Waals surface area contributed by atoms with Gasteiger partial charge in [0, 0.05) is 25.2 Å². The summed E-state index contributed by atoms with van der Waals surface area (Å²) in [5.41, 5.74) is 3.83. The molecule has 1 heterocycles. The molecule has 124 valence electrons. The van der Waals surface area contributed by atoms with Crippen molar-refractivity contribution in [1.82, 2.24) is 10.4 Å². The third-order valence-corrected chi connectivity index (χ3v) is 3.70. The molecule has 0 radical (unpaired) electrons. The van der Waals surface area contributed by atoms with Crippen LogP contribution in [0.5, 0.6) is 0 Å². The van der Waals surface area contributed by atoms with Gasteiger partial charge in [-0.15, -0.1) is 6.58 Å². The van der Waals surface area contributed by atoms with Gasteiger partial charge in [-0.1, -0.05) is 12.5 Å². The lowest BCUT2D eigenvalue weighted by atomic mass is 10.2. The fraction of sp³-hybridized carbons (Fsp3) is 0.438. The number of carbonyl (C=O) groups excluding carboxylic acids is 1. The highest BCUT2D eigenvalue weighted by atomic mass is 16.6. The number of ether oxygens (including phenoxy) is 1. The van der Waals surface area contributed by atoms with Gasteiger partial charge in [0.25, 0.3) is 5.69 Å². The van der Waals surface area contributed by atoms with Gasteiger partial charge >= 0.3 is 5.97 Å². The Balaban J connectivity index is 1.83. The van der Waals surface area contributed by atoms with Gasteiger partial charge in [0.15, 0.2) is 0 Å². The van der Waals surface area contributed by atoms with Crippen LogP contribution < -0.4 is 5.43 Å². The zero-order valence-corrected chi connectivity index (χ0v) is 12.9. The van der Waals surface area contributed by atoms with Crippen molar-refractivity contribution in [3.05, 3.63) is 52.6 Å². The van der Waals surface area contributed by atoms with E-state index >= 15 is 0 Å². The Labute approximate surface area is 135 Å². The minimum Gasteiger partial charge on any atom is -0.459 e. The molecule has 7 heteroatoms. The van der Waals surface area contributed by atoms with Gasteiger partial charge < -0.3 is 4.74 Å². The van der Waals surface area contributed by atoms with Crippen LogP contribution in [0.2, 0.25) is 0 Å². The number of esters is 1. The molecular formula is C16H21N3O4. The zero-order chi connectivity index (χ0) is 16.7. The predicted octanol–water partition coefficient (Wildman–Crippen LogP) is 2.18. The van der Waals surface area contributed by atoms with Crippen LogP contribution in [-0.4, -0.2) is 35.0 Å². The van der Waals surface area contributed by atoms with E-state index in [0.29, 0.717) is 5.56 Å². The zero-order valence-electron chi connectivity index (χ0n) is 12.9. The molecule has 2 rings (SSSR count). The lowest BCUT2D eigenvalue weighted by molar-refractivity contribution is -0.384. The largest absolute Gasteiger partial charge is 0.459 e. The average Bonchev–Trinajstić information content (AvgIpc) is 2.58. The number of nitro groups is 1. The van der Waals surface area contributed by atoms with Gasteiger partial charge in [-0.05, 0) is 30.5 Å². The Bertz CT molecular complexity index is 553. The first-order valence-electron chi connectivity index (χ1n) is 7.64. The van der Waals surface area contributed by atoms with E-state index in [9.17, 15) is 14.9 Å². The number of nitrogens with zero attached hydrogens (tertiary/aromatic N) is 2. The van der Waals surface area contributed by atoms with Crippen LogP contribution in [-0.2, 0) is 16.1 Å². The van der Waals surface area contributed by atoms with Gasteiger partial charge in [-0.3, -0.25) is 10.1 Å². The van der Waals surface area contributed by atoms with Crippen LogP contribution in [0.1, 0.15) is 24.8 Å². The summed E-state index contributed by atoms with van der Waals surface area (Å²) in [7, 11) is 0. The number of hydrogen-bond acceptors (Lipinski definition) is 6. The fourth-order valence-electron chi connectivity index (χ4n) is 2.38. The first kappa shape index (κ1) is 17.1. The van der Waals surface area contributed by atoms with E-state index in [1.807, 2.05) is 5.01 Å². The van der Waals surface area contributed by atoms with E-state index in [-0.39, 0.29) is 12.3 Å². The second kappa shape index (κ2) is 8.40. The van der Waals surface area contributed by atoms with Crippen molar-refractivity contribution in [2.45, 2.75) is 31.9 Å². The van der Waals surface area contributed by atoms with E-state index in [1.54, 1.807) is 12.1 Å². The molecule has 1 unspecified atom stereocenters. The van der Waals surface area contributed by atoms with E-state index < -0.39 is 16.9 Å². The summed E-state index contributed by atoms with van der Waals surface area (Å²) < 4.78 is 5.25. The smallest absolute Gasteiger partial charge is 0.328 e. The Morgan fingerprint density at radius 1 is 1.35 bits per heavy atom. The molecule has 0 aromatic heterocycles. The molecule has 1 fully saturated rings. The number of non-ortho nitro benzene ring substituents is 1. The lowest BCUT2D eigenvalue weighted by Crippen LogP contribution is -2.49. The summed E-state index contributed by atoms with van der Waals surface area (Å²) in [6.45, 7) is 5.55. The van der Waals surface area contributed by atoms with Crippen LogP contribution in [0.25, 0.3) is 0 Å². The number of carbonyl (C=O) groups is 1. The van der Waals surface area contributed by atoms with Gasteiger partial charge in [-0.25, -0.2) is 15.2 Å². The molecule has 1 atom stereocenters. The summed E-state index contributed by atoms with van der Waals surface area (Å²) in [6, 6.07) is 5.34. The molecule has 0 spiro atoms. The van der Waals surface area contributed by atoms with Crippen LogP contribution in [0, 0.1) is 10.1 Å². The second-order valence-corrected chi connectivity index (χ2v) is 5.42. The Hall–Kier alpha value is -2.25. The lowest BCUT2D eigenvalue weighted by Gasteiger charge is -2.29. The highest BCUT2D eigenvalue weighted by Crippen LogP contribution is 2.13. The summed E-state index contributed by atoms with van der Waals surface area (Å²) in [6.07, 6.45) is 4.94. The highest BCUT2D eigenvalue weighted by molar-refractivity contribution is 5.77.